The molecule has 0 spiro atoms. The first-order valence-electron chi connectivity index (χ1n) is 5.96. The Morgan fingerprint density at radius 3 is 2.72 bits per heavy atom. The maximum absolute atomic E-state index is 11.9. The minimum atomic E-state index is -3.55. The number of rotatable bonds is 1. The third-order valence-electron chi connectivity index (χ3n) is 3.51. The molecule has 0 saturated heterocycles. The average Bonchev–Trinajstić information content (AvgIpc) is 2.82. The third kappa shape index (κ3) is 1.91. The van der Waals surface area contributed by atoms with E-state index in [0.717, 1.165) is 12.8 Å². The highest BCUT2D eigenvalue weighted by molar-refractivity contribution is 7.90. The van der Waals surface area contributed by atoms with Crippen LogP contribution in [0.3, 0.4) is 0 Å². The van der Waals surface area contributed by atoms with E-state index < -0.39 is 10.0 Å². The summed E-state index contributed by atoms with van der Waals surface area (Å²) in [6, 6.07) is 5.16. The first-order chi connectivity index (χ1) is 8.58. The van der Waals surface area contributed by atoms with E-state index in [1.165, 1.54) is 25.2 Å². The van der Waals surface area contributed by atoms with E-state index in [1.807, 2.05) is 4.90 Å². The lowest BCUT2D eigenvalue weighted by Gasteiger charge is -2.30. The summed E-state index contributed by atoms with van der Waals surface area (Å²) in [5.41, 5.74) is 0.657. The molecule has 1 aliphatic heterocycles. The van der Waals surface area contributed by atoms with Crippen LogP contribution in [0.5, 0.6) is 0 Å². The van der Waals surface area contributed by atoms with E-state index >= 15 is 0 Å². The molecule has 4 nitrogen and oxygen atoms in total. The van der Waals surface area contributed by atoms with Crippen LogP contribution in [-0.4, -0.2) is 20.8 Å². The van der Waals surface area contributed by atoms with Gasteiger partial charge in [0.2, 0.25) is 0 Å². The average molecular weight is 285 g/mol. The number of benzene rings is 1. The molecule has 1 aromatic carbocycles. The number of nitrogens with zero attached hydrogens (tertiary/aromatic N) is 2. The molecule has 3 rings (SSSR count). The van der Waals surface area contributed by atoms with Crippen LogP contribution in [0.25, 0.3) is 0 Å². The van der Waals surface area contributed by atoms with E-state index in [2.05, 4.69) is 4.40 Å². The van der Waals surface area contributed by atoms with Crippen LogP contribution in [0.2, 0.25) is 5.02 Å². The van der Waals surface area contributed by atoms with E-state index in [9.17, 15) is 8.42 Å². The van der Waals surface area contributed by atoms with Crippen LogP contribution >= 0.6 is 11.6 Å². The standard InChI is InChI=1S/C12H13ClN2O2S/c13-9-5-6-12-11(7-9)15(8-14-18(12,16)17)10-3-1-2-4-10/h5-8,10H,1-4H2. The molecular weight excluding hydrogens is 272 g/mol. The number of hydrogen-bond acceptors (Lipinski definition) is 3. The summed E-state index contributed by atoms with van der Waals surface area (Å²) in [6.45, 7) is 0. The number of hydrogen-bond donors (Lipinski definition) is 0. The zero-order valence-corrected chi connectivity index (χ0v) is 11.3. The van der Waals surface area contributed by atoms with Crippen LogP contribution < -0.4 is 4.90 Å². The summed E-state index contributed by atoms with van der Waals surface area (Å²) >= 11 is 5.98. The summed E-state index contributed by atoms with van der Waals surface area (Å²) in [5.74, 6) is 0. The molecule has 1 fully saturated rings. The molecule has 6 heteroatoms. The number of sulfonamides is 1. The van der Waals surface area contributed by atoms with Crippen molar-refractivity contribution in [2.45, 2.75) is 36.6 Å². The Balaban J connectivity index is 2.12. The first kappa shape index (κ1) is 12.0. The maximum Gasteiger partial charge on any atom is 0.285 e. The highest BCUT2D eigenvalue weighted by atomic mass is 35.5. The number of fused-ring (bicyclic) bond motifs is 1. The Kier molecular flexibility index (Phi) is 2.83. The van der Waals surface area contributed by atoms with Crippen molar-refractivity contribution in [3.05, 3.63) is 23.2 Å². The topological polar surface area (TPSA) is 49.7 Å². The molecule has 0 aromatic heterocycles. The molecule has 1 heterocycles. The summed E-state index contributed by atoms with van der Waals surface area (Å²) in [7, 11) is -3.55. The van der Waals surface area contributed by atoms with Gasteiger partial charge in [-0.2, -0.15) is 8.42 Å². The van der Waals surface area contributed by atoms with Crippen molar-refractivity contribution in [2.24, 2.45) is 4.40 Å². The lowest BCUT2D eigenvalue weighted by atomic mass is 10.2. The lowest BCUT2D eigenvalue weighted by Crippen LogP contribution is -2.35. The van der Waals surface area contributed by atoms with Crippen LogP contribution in [0.1, 0.15) is 25.7 Å². The Hall–Kier alpha value is -1.07. The van der Waals surface area contributed by atoms with E-state index in [-0.39, 0.29) is 4.90 Å². The van der Waals surface area contributed by atoms with Crippen molar-refractivity contribution in [3.63, 3.8) is 0 Å². The summed E-state index contributed by atoms with van der Waals surface area (Å²) < 4.78 is 27.4. The summed E-state index contributed by atoms with van der Waals surface area (Å²) in [6.07, 6.45) is 5.93. The minimum absolute atomic E-state index is 0.251. The molecule has 1 saturated carbocycles. The molecule has 0 unspecified atom stereocenters. The van der Waals surface area contributed by atoms with Gasteiger partial charge < -0.3 is 4.90 Å². The molecule has 0 N–H and O–H groups in total. The van der Waals surface area contributed by atoms with Crippen LogP contribution in [0.15, 0.2) is 27.5 Å². The molecule has 0 atom stereocenters. The Morgan fingerprint density at radius 1 is 1.28 bits per heavy atom. The summed E-state index contributed by atoms with van der Waals surface area (Å²) in [5, 5.41) is 0.544. The van der Waals surface area contributed by atoms with Gasteiger partial charge in [-0.3, -0.25) is 0 Å². The quantitative estimate of drug-likeness (QED) is 0.797. The highest BCUT2D eigenvalue weighted by Crippen LogP contribution is 2.36. The fourth-order valence-electron chi connectivity index (χ4n) is 2.62. The van der Waals surface area contributed by atoms with E-state index in [0.29, 0.717) is 16.8 Å². The lowest BCUT2D eigenvalue weighted by molar-refractivity contribution is 0.595. The van der Waals surface area contributed by atoms with Gasteiger partial charge in [0.15, 0.2) is 0 Å². The van der Waals surface area contributed by atoms with Crippen LogP contribution in [0, 0.1) is 0 Å². The first-order valence-corrected chi connectivity index (χ1v) is 7.78. The zero-order valence-electron chi connectivity index (χ0n) is 9.71. The van der Waals surface area contributed by atoms with Gasteiger partial charge in [0.25, 0.3) is 10.0 Å². The van der Waals surface area contributed by atoms with Gasteiger partial charge >= 0.3 is 0 Å². The fourth-order valence-corrected chi connectivity index (χ4v) is 3.79. The smallest absolute Gasteiger partial charge is 0.285 e. The van der Waals surface area contributed by atoms with Crippen molar-refractivity contribution < 1.29 is 8.42 Å². The molecule has 2 aliphatic rings. The number of halogens is 1. The van der Waals surface area contributed by atoms with E-state index in [4.69, 9.17) is 11.6 Å². The molecule has 96 valence electrons. The SMILES string of the molecule is O=S1(=O)N=CN(C2CCCC2)c2cc(Cl)ccc21. The predicted molar refractivity (Wildman–Crippen MR) is 71.9 cm³/mol. The molecule has 18 heavy (non-hydrogen) atoms. The van der Waals surface area contributed by atoms with Gasteiger partial charge in [-0.1, -0.05) is 24.4 Å². The summed E-state index contributed by atoms with van der Waals surface area (Å²) in [4.78, 5) is 2.20. The van der Waals surface area contributed by atoms with Crippen LogP contribution in [-0.2, 0) is 10.0 Å². The van der Waals surface area contributed by atoms with Crippen molar-refractivity contribution in [2.75, 3.05) is 4.90 Å². The molecule has 1 aliphatic carbocycles. The Labute approximate surface area is 111 Å². The normalized spacial score (nSPS) is 22.2. The monoisotopic (exact) mass is 284 g/mol. The Bertz CT molecular complexity index is 607. The van der Waals surface area contributed by atoms with Crippen molar-refractivity contribution in [1.82, 2.24) is 0 Å². The fraction of sp³-hybridized carbons (Fsp3) is 0.417. The van der Waals surface area contributed by atoms with Gasteiger partial charge in [0, 0.05) is 11.1 Å². The molecule has 0 amide bonds. The van der Waals surface area contributed by atoms with Gasteiger partial charge in [-0.05, 0) is 31.0 Å². The second-order valence-electron chi connectivity index (χ2n) is 4.65. The minimum Gasteiger partial charge on any atom is -0.327 e. The van der Waals surface area contributed by atoms with Gasteiger partial charge in [-0.15, -0.1) is 4.40 Å². The molecular formula is C12H13ClN2O2S. The van der Waals surface area contributed by atoms with Gasteiger partial charge in [-0.25, -0.2) is 0 Å². The second kappa shape index (κ2) is 4.24. The number of anilines is 1. The van der Waals surface area contributed by atoms with Crippen molar-refractivity contribution in [1.29, 1.82) is 0 Å². The molecule has 0 radical (unpaired) electrons. The predicted octanol–water partition coefficient (Wildman–Crippen LogP) is 2.82. The van der Waals surface area contributed by atoms with Gasteiger partial charge in [0.05, 0.1) is 5.69 Å². The third-order valence-corrected chi connectivity index (χ3v) is 5.01. The van der Waals surface area contributed by atoms with Crippen molar-refractivity contribution >= 4 is 33.7 Å². The van der Waals surface area contributed by atoms with Crippen LogP contribution in [0.4, 0.5) is 5.69 Å². The maximum atomic E-state index is 11.9. The second-order valence-corrected chi connectivity index (χ2v) is 6.69. The highest BCUT2D eigenvalue weighted by Gasteiger charge is 2.30. The Morgan fingerprint density at radius 2 is 2.00 bits per heavy atom. The largest absolute Gasteiger partial charge is 0.327 e. The molecule has 0 bridgehead atoms. The van der Waals surface area contributed by atoms with Gasteiger partial charge in [0.1, 0.15) is 11.2 Å². The van der Waals surface area contributed by atoms with Crippen molar-refractivity contribution in [3.8, 4) is 0 Å². The van der Waals surface area contributed by atoms with E-state index in [1.54, 1.807) is 12.1 Å². The zero-order chi connectivity index (χ0) is 12.8. The molecule has 1 aromatic rings.